The molecule has 5 nitrogen and oxygen atoms in total. The number of nitrogens with zero attached hydrogens (tertiary/aromatic N) is 2. The molecule has 1 rings (SSSR count). The van der Waals surface area contributed by atoms with Crippen molar-refractivity contribution in [2.45, 2.75) is 51.9 Å². The van der Waals surface area contributed by atoms with Gasteiger partial charge in [-0.2, -0.15) is 18.2 Å². The van der Waals surface area contributed by atoms with Crippen LogP contribution in [0.5, 0.6) is 0 Å². The average molecular weight is 306 g/mol. The van der Waals surface area contributed by atoms with Crippen LogP contribution in [0.4, 0.5) is 24.9 Å². The first-order chi connectivity index (χ1) is 9.72. The second kappa shape index (κ2) is 7.44. The lowest BCUT2D eigenvalue weighted by atomic mass is 10.1. The summed E-state index contributed by atoms with van der Waals surface area (Å²) in [6, 6.07) is 0.662. The number of hydrogen-bond acceptors (Lipinski definition) is 5. The summed E-state index contributed by atoms with van der Waals surface area (Å²) in [7, 11) is 0. The van der Waals surface area contributed by atoms with Gasteiger partial charge in [-0.15, -0.1) is 0 Å². The van der Waals surface area contributed by atoms with Crippen LogP contribution in [0.25, 0.3) is 0 Å². The molecule has 2 atom stereocenters. The number of alkyl halides is 3. The van der Waals surface area contributed by atoms with Crippen molar-refractivity contribution in [3.8, 4) is 0 Å². The molecule has 0 aliphatic heterocycles. The first-order valence-electron chi connectivity index (χ1n) is 6.87. The summed E-state index contributed by atoms with van der Waals surface area (Å²) in [6.07, 6.45) is -3.92. The maximum atomic E-state index is 12.8. The minimum Gasteiger partial charge on any atom is -0.393 e. The van der Waals surface area contributed by atoms with Gasteiger partial charge in [0.25, 0.3) is 0 Å². The van der Waals surface area contributed by atoms with Crippen molar-refractivity contribution in [1.29, 1.82) is 0 Å². The first-order valence-corrected chi connectivity index (χ1v) is 6.87. The Balaban J connectivity index is 2.95. The fourth-order valence-corrected chi connectivity index (χ4v) is 1.81. The number of nitrogens with one attached hydrogen (secondary N) is 2. The highest BCUT2D eigenvalue weighted by Crippen LogP contribution is 2.29. The Morgan fingerprint density at radius 1 is 1.29 bits per heavy atom. The van der Waals surface area contributed by atoms with E-state index in [9.17, 15) is 18.3 Å². The molecule has 0 bridgehead atoms. The summed E-state index contributed by atoms with van der Waals surface area (Å²) in [5, 5.41) is 14.9. The number of hydrogen-bond donors (Lipinski definition) is 3. The van der Waals surface area contributed by atoms with E-state index < -0.39 is 18.0 Å². The van der Waals surface area contributed by atoms with E-state index in [-0.39, 0.29) is 17.8 Å². The molecule has 0 radical (unpaired) electrons. The molecule has 0 fully saturated rings. The topological polar surface area (TPSA) is 70.1 Å². The monoisotopic (exact) mass is 306 g/mol. The number of aliphatic hydroxyl groups is 1. The van der Waals surface area contributed by atoms with Crippen molar-refractivity contribution in [2.24, 2.45) is 0 Å². The normalized spacial score (nSPS) is 14.6. The van der Waals surface area contributed by atoms with E-state index in [0.717, 1.165) is 12.5 Å². The van der Waals surface area contributed by atoms with E-state index in [1.54, 1.807) is 13.8 Å². The smallest absolute Gasteiger partial charge is 0.393 e. The van der Waals surface area contributed by atoms with Crippen LogP contribution in [0, 0.1) is 0 Å². The Kier molecular flexibility index (Phi) is 6.19. The predicted octanol–water partition coefficient (Wildman–Crippen LogP) is 2.89. The van der Waals surface area contributed by atoms with Crippen LogP contribution in [0.1, 0.15) is 39.3 Å². The molecule has 0 spiro atoms. The van der Waals surface area contributed by atoms with Crippen LogP contribution in [0.15, 0.2) is 6.07 Å². The third kappa shape index (κ3) is 6.16. The van der Waals surface area contributed by atoms with E-state index in [2.05, 4.69) is 20.6 Å². The fourth-order valence-electron chi connectivity index (χ4n) is 1.81. The highest BCUT2D eigenvalue weighted by atomic mass is 19.4. The molecule has 1 aromatic heterocycles. The standard InChI is InChI=1S/C13H21F3N4O/c1-4-5-17-12-19-10(13(14,15)16)7-11(20-12)18-8(2)6-9(3)21/h7-9,21H,4-6H2,1-3H3,(H2,17,18,19,20). The van der Waals surface area contributed by atoms with Gasteiger partial charge in [-0.3, -0.25) is 0 Å². The number of anilines is 2. The number of aromatic nitrogens is 2. The Morgan fingerprint density at radius 3 is 2.48 bits per heavy atom. The van der Waals surface area contributed by atoms with Gasteiger partial charge in [0.2, 0.25) is 5.95 Å². The van der Waals surface area contributed by atoms with Crippen molar-refractivity contribution >= 4 is 11.8 Å². The van der Waals surface area contributed by atoms with Crippen LogP contribution in [-0.4, -0.2) is 33.8 Å². The summed E-state index contributed by atoms with van der Waals surface area (Å²) < 4.78 is 38.5. The van der Waals surface area contributed by atoms with Crippen molar-refractivity contribution in [1.82, 2.24) is 9.97 Å². The summed E-state index contributed by atoms with van der Waals surface area (Å²) >= 11 is 0. The third-order valence-corrected chi connectivity index (χ3v) is 2.64. The molecular formula is C13H21F3N4O. The largest absolute Gasteiger partial charge is 0.433 e. The van der Waals surface area contributed by atoms with Gasteiger partial charge < -0.3 is 15.7 Å². The number of rotatable bonds is 7. The van der Waals surface area contributed by atoms with Gasteiger partial charge in [-0.1, -0.05) is 6.92 Å². The van der Waals surface area contributed by atoms with Gasteiger partial charge in [0, 0.05) is 18.7 Å². The van der Waals surface area contributed by atoms with Crippen LogP contribution in [0.3, 0.4) is 0 Å². The molecule has 0 aliphatic carbocycles. The molecule has 3 N–H and O–H groups in total. The highest BCUT2D eigenvalue weighted by molar-refractivity contribution is 5.43. The fraction of sp³-hybridized carbons (Fsp3) is 0.692. The van der Waals surface area contributed by atoms with Gasteiger partial charge in [0.15, 0.2) is 5.69 Å². The second-order valence-corrected chi connectivity index (χ2v) is 5.02. The molecule has 0 aromatic carbocycles. The van der Waals surface area contributed by atoms with E-state index in [0.29, 0.717) is 13.0 Å². The Labute approximate surface area is 122 Å². The van der Waals surface area contributed by atoms with Crippen molar-refractivity contribution < 1.29 is 18.3 Å². The molecule has 2 unspecified atom stereocenters. The second-order valence-electron chi connectivity index (χ2n) is 5.02. The molecule has 21 heavy (non-hydrogen) atoms. The molecule has 0 aliphatic rings. The Hall–Kier alpha value is -1.57. The maximum absolute atomic E-state index is 12.8. The number of aliphatic hydroxyl groups excluding tert-OH is 1. The van der Waals surface area contributed by atoms with Crippen molar-refractivity contribution in [3.05, 3.63) is 11.8 Å². The van der Waals surface area contributed by atoms with E-state index in [1.165, 1.54) is 0 Å². The average Bonchev–Trinajstić information content (AvgIpc) is 2.33. The van der Waals surface area contributed by atoms with Crippen LogP contribution in [-0.2, 0) is 6.18 Å². The SMILES string of the molecule is CCCNc1nc(NC(C)CC(C)O)cc(C(F)(F)F)n1. The molecule has 0 saturated carbocycles. The third-order valence-electron chi connectivity index (χ3n) is 2.64. The van der Waals surface area contributed by atoms with Crippen LogP contribution < -0.4 is 10.6 Å². The van der Waals surface area contributed by atoms with Gasteiger partial charge in [0.1, 0.15) is 5.82 Å². The van der Waals surface area contributed by atoms with Gasteiger partial charge in [0.05, 0.1) is 6.10 Å². The van der Waals surface area contributed by atoms with Crippen LogP contribution >= 0.6 is 0 Å². The lowest BCUT2D eigenvalue weighted by molar-refractivity contribution is -0.141. The maximum Gasteiger partial charge on any atom is 0.433 e. The summed E-state index contributed by atoms with van der Waals surface area (Å²) in [5.74, 6) is 0.0301. The molecular weight excluding hydrogens is 285 g/mol. The molecule has 120 valence electrons. The minimum absolute atomic E-state index is 0.0570. The first kappa shape index (κ1) is 17.5. The van der Waals surface area contributed by atoms with Crippen LogP contribution in [0.2, 0.25) is 0 Å². The Bertz CT molecular complexity index is 452. The number of halogens is 3. The zero-order valence-electron chi connectivity index (χ0n) is 12.3. The predicted molar refractivity (Wildman–Crippen MR) is 75.2 cm³/mol. The minimum atomic E-state index is -4.53. The summed E-state index contributed by atoms with van der Waals surface area (Å²) in [4.78, 5) is 7.49. The zero-order valence-corrected chi connectivity index (χ0v) is 12.3. The van der Waals surface area contributed by atoms with E-state index >= 15 is 0 Å². The molecule has 0 saturated heterocycles. The quantitative estimate of drug-likeness (QED) is 0.722. The van der Waals surface area contributed by atoms with Crippen molar-refractivity contribution in [3.63, 3.8) is 0 Å². The highest BCUT2D eigenvalue weighted by Gasteiger charge is 2.33. The molecule has 1 heterocycles. The van der Waals surface area contributed by atoms with Gasteiger partial charge >= 0.3 is 6.18 Å². The summed E-state index contributed by atoms with van der Waals surface area (Å²) in [5.41, 5.74) is -0.997. The summed E-state index contributed by atoms with van der Waals surface area (Å²) in [6.45, 7) is 5.77. The Morgan fingerprint density at radius 2 is 1.95 bits per heavy atom. The molecule has 0 amide bonds. The van der Waals surface area contributed by atoms with Gasteiger partial charge in [-0.05, 0) is 26.7 Å². The zero-order chi connectivity index (χ0) is 16.0. The molecule has 8 heteroatoms. The van der Waals surface area contributed by atoms with E-state index in [4.69, 9.17) is 0 Å². The van der Waals surface area contributed by atoms with E-state index in [1.807, 2.05) is 6.92 Å². The lowest BCUT2D eigenvalue weighted by Crippen LogP contribution is -2.22. The lowest BCUT2D eigenvalue weighted by Gasteiger charge is -2.18. The van der Waals surface area contributed by atoms with Crippen molar-refractivity contribution in [2.75, 3.05) is 17.2 Å². The molecule has 1 aromatic rings. The van der Waals surface area contributed by atoms with Gasteiger partial charge in [-0.25, -0.2) is 4.98 Å².